The Morgan fingerprint density at radius 1 is 1.47 bits per heavy atom. The second-order valence-corrected chi connectivity index (χ2v) is 4.27. The van der Waals surface area contributed by atoms with Crippen LogP contribution in [0.4, 0.5) is 22.0 Å². The summed E-state index contributed by atoms with van der Waals surface area (Å²) < 4.78 is 64.5. The fourth-order valence-corrected chi connectivity index (χ4v) is 1.79. The van der Waals surface area contributed by atoms with Gasteiger partial charge in [-0.15, -0.1) is 13.2 Å². The number of hydrogen-bond donors (Lipinski definition) is 1. The summed E-state index contributed by atoms with van der Waals surface area (Å²) in [5, 5.41) is 8.53. The molecule has 1 N–H and O–H groups in total. The molecule has 0 aromatic carbocycles. The van der Waals surface area contributed by atoms with E-state index in [-0.39, 0.29) is 3.70 Å². The number of alkyl halides is 5. The van der Waals surface area contributed by atoms with Crippen molar-refractivity contribution in [2.75, 3.05) is 0 Å². The SMILES string of the molecule is O=C(O)Cc1cc(C(F)F)c(I)nc1OC(F)(F)F. The maximum absolute atomic E-state index is 12.6. The Hall–Kier alpha value is -1.20. The Kier molecular flexibility index (Phi) is 4.87. The van der Waals surface area contributed by atoms with Gasteiger partial charge in [0.2, 0.25) is 5.88 Å². The van der Waals surface area contributed by atoms with Gasteiger partial charge in [-0.2, -0.15) is 0 Å². The number of nitrogens with zero attached hydrogens (tertiary/aromatic N) is 1. The monoisotopic (exact) mass is 397 g/mol. The van der Waals surface area contributed by atoms with Crippen LogP contribution in [-0.4, -0.2) is 22.4 Å². The van der Waals surface area contributed by atoms with Crippen LogP contribution in [0.25, 0.3) is 0 Å². The third-order valence-corrected chi connectivity index (χ3v) is 2.70. The summed E-state index contributed by atoms with van der Waals surface area (Å²) in [6.45, 7) is 0. The lowest BCUT2D eigenvalue weighted by atomic mass is 10.1. The first-order valence-corrected chi connectivity index (χ1v) is 5.63. The van der Waals surface area contributed by atoms with Crippen molar-refractivity contribution < 1.29 is 36.6 Å². The van der Waals surface area contributed by atoms with E-state index >= 15 is 0 Å². The Labute approximate surface area is 116 Å². The second-order valence-electron chi connectivity index (χ2n) is 3.25. The summed E-state index contributed by atoms with van der Waals surface area (Å²) in [7, 11) is 0. The molecule has 1 heterocycles. The van der Waals surface area contributed by atoms with E-state index < -0.39 is 42.2 Å². The Bertz CT molecular complexity index is 491. The van der Waals surface area contributed by atoms with Crippen molar-refractivity contribution in [3.05, 3.63) is 20.9 Å². The zero-order chi connectivity index (χ0) is 14.8. The molecule has 0 fully saturated rings. The number of carboxylic acid groups (broad SMARTS) is 1. The van der Waals surface area contributed by atoms with Crippen molar-refractivity contribution in [3.63, 3.8) is 0 Å². The molecule has 1 aromatic heterocycles. The van der Waals surface area contributed by atoms with Gasteiger partial charge in [-0.1, -0.05) is 0 Å². The number of halogens is 6. The average molecular weight is 397 g/mol. The highest BCUT2D eigenvalue weighted by atomic mass is 127. The maximum Gasteiger partial charge on any atom is 0.574 e. The molecule has 10 heteroatoms. The summed E-state index contributed by atoms with van der Waals surface area (Å²) in [5.74, 6) is -2.53. The van der Waals surface area contributed by atoms with Gasteiger partial charge in [0.15, 0.2) is 0 Å². The van der Waals surface area contributed by atoms with E-state index in [4.69, 9.17) is 5.11 Å². The van der Waals surface area contributed by atoms with Gasteiger partial charge in [-0.25, -0.2) is 13.8 Å². The highest BCUT2D eigenvalue weighted by Crippen LogP contribution is 2.31. The standard InChI is InChI=1S/C9H5F5INO3/c10-6(11)4-1-3(2-5(17)18)8(16-7(4)15)19-9(12,13)14/h1,6H,2H2,(H,17,18). The van der Waals surface area contributed by atoms with Crippen LogP contribution < -0.4 is 4.74 Å². The van der Waals surface area contributed by atoms with Gasteiger partial charge in [0.05, 0.1) is 12.0 Å². The minimum atomic E-state index is -5.09. The normalized spacial score (nSPS) is 11.7. The predicted octanol–water partition coefficient (Wildman–Crippen LogP) is 3.15. The number of aliphatic carboxylic acids is 1. The molecule has 0 spiro atoms. The van der Waals surface area contributed by atoms with E-state index in [0.717, 1.165) is 0 Å². The number of carbonyl (C=O) groups is 1. The third-order valence-electron chi connectivity index (χ3n) is 1.83. The van der Waals surface area contributed by atoms with Crippen LogP contribution in [0.3, 0.4) is 0 Å². The van der Waals surface area contributed by atoms with E-state index in [0.29, 0.717) is 6.07 Å². The lowest BCUT2D eigenvalue weighted by Crippen LogP contribution is -2.20. The Morgan fingerprint density at radius 2 is 2.05 bits per heavy atom. The molecule has 0 aliphatic carbocycles. The minimum absolute atomic E-state index is 0.388. The predicted molar refractivity (Wildman–Crippen MR) is 59.9 cm³/mol. The largest absolute Gasteiger partial charge is 0.574 e. The topological polar surface area (TPSA) is 59.4 Å². The van der Waals surface area contributed by atoms with Crippen LogP contribution in [0.1, 0.15) is 17.6 Å². The first-order chi connectivity index (χ1) is 8.60. The van der Waals surface area contributed by atoms with Gasteiger partial charge in [-0.3, -0.25) is 4.79 Å². The van der Waals surface area contributed by atoms with E-state index in [1.54, 1.807) is 0 Å². The number of aromatic nitrogens is 1. The molecule has 0 unspecified atom stereocenters. The van der Waals surface area contributed by atoms with Crippen molar-refractivity contribution in [2.45, 2.75) is 19.2 Å². The van der Waals surface area contributed by atoms with Crippen molar-refractivity contribution in [2.24, 2.45) is 0 Å². The number of carboxylic acids is 1. The molecule has 0 saturated heterocycles. The van der Waals surface area contributed by atoms with Gasteiger partial charge in [0.1, 0.15) is 3.70 Å². The van der Waals surface area contributed by atoms with Crippen molar-refractivity contribution >= 4 is 28.6 Å². The molecule has 1 aromatic rings. The molecular weight excluding hydrogens is 392 g/mol. The van der Waals surface area contributed by atoms with Crippen molar-refractivity contribution in [3.8, 4) is 5.88 Å². The molecule has 0 radical (unpaired) electrons. The molecule has 0 saturated carbocycles. The summed E-state index contributed by atoms with van der Waals surface area (Å²) in [4.78, 5) is 13.7. The summed E-state index contributed by atoms with van der Waals surface area (Å²) in [6, 6.07) is 0.647. The Balaban J connectivity index is 3.27. The van der Waals surface area contributed by atoms with Crippen LogP contribution in [-0.2, 0) is 11.2 Å². The van der Waals surface area contributed by atoms with Crippen molar-refractivity contribution in [1.29, 1.82) is 0 Å². The Morgan fingerprint density at radius 3 is 2.47 bits per heavy atom. The van der Waals surface area contributed by atoms with Crippen LogP contribution in [0.5, 0.6) is 5.88 Å². The quantitative estimate of drug-likeness (QED) is 0.482. The number of rotatable bonds is 4. The smallest absolute Gasteiger partial charge is 0.481 e. The number of pyridine rings is 1. The zero-order valence-electron chi connectivity index (χ0n) is 8.84. The molecule has 0 amide bonds. The molecule has 106 valence electrons. The average Bonchev–Trinajstić information content (AvgIpc) is 2.18. The molecular formula is C9H5F5INO3. The highest BCUT2D eigenvalue weighted by molar-refractivity contribution is 14.1. The van der Waals surface area contributed by atoms with E-state index in [1.165, 1.54) is 22.6 Å². The van der Waals surface area contributed by atoms with E-state index in [2.05, 4.69) is 9.72 Å². The minimum Gasteiger partial charge on any atom is -0.481 e. The summed E-state index contributed by atoms with van der Waals surface area (Å²) in [6.07, 6.45) is -8.98. The second kappa shape index (κ2) is 5.84. The van der Waals surface area contributed by atoms with Crippen LogP contribution >= 0.6 is 22.6 Å². The molecule has 0 atom stereocenters. The molecule has 0 aliphatic rings. The van der Waals surface area contributed by atoms with Gasteiger partial charge in [0, 0.05) is 5.56 Å². The molecule has 1 rings (SSSR count). The molecule has 19 heavy (non-hydrogen) atoms. The number of ether oxygens (including phenoxy) is 1. The summed E-state index contributed by atoms with van der Waals surface area (Å²) >= 11 is 1.32. The van der Waals surface area contributed by atoms with Crippen LogP contribution in [0.2, 0.25) is 0 Å². The van der Waals surface area contributed by atoms with E-state index in [9.17, 15) is 26.7 Å². The van der Waals surface area contributed by atoms with Crippen LogP contribution in [0.15, 0.2) is 6.07 Å². The van der Waals surface area contributed by atoms with Crippen LogP contribution in [0, 0.1) is 3.70 Å². The summed E-state index contributed by atoms with van der Waals surface area (Å²) in [5.41, 5.74) is -1.22. The highest BCUT2D eigenvalue weighted by Gasteiger charge is 2.34. The van der Waals surface area contributed by atoms with Gasteiger partial charge < -0.3 is 9.84 Å². The fourth-order valence-electron chi connectivity index (χ4n) is 1.18. The van der Waals surface area contributed by atoms with Gasteiger partial charge in [-0.05, 0) is 28.7 Å². The zero-order valence-corrected chi connectivity index (χ0v) is 11.0. The van der Waals surface area contributed by atoms with E-state index in [1.807, 2.05) is 0 Å². The molecule has 0 bridgehead atoms. The number of hydrogen-bond acceptors (Lipinski definition) is 3. The van der Waals surface area contributed by atoms with Gasteiger partial charge >= 0.3 is 12.3 Å². The first kappa shape index (κ1) is 15.9. The van der Waals surface area contributed by atoms with Gasteiger partial charge in [0.25, 0.3) is 6.43 Å². The third kappa shape index (κ3) is 4.76. The molecule has 4 nitrogen and oxygen atoms in total. The lowest BCUT2D eigenvalue weighted by Gasteiger charge is -2.13. The fraction of sp³-hybridized carbons (Fsp3) is 0.333. The maximum atomic E-state index is 12.6. The lowest BCUT2D eigenvalue weighted by molar-refractivity contribution is -0.276. The first-order valence-electron chi connectivity index (χ1n) is 4.55. The molecule has 0 aliphatic heterocycles. The van der Waals surface area contributed by atoms with Crippen molar-refractivity contribution in [1.82, 2.24) is 4.98 Å².